The van der Waals surface area contributed by atoms with Crippen molar-refractivity contribution in [1.29, 1.82) is 0 Å². The number of amides is 1. The molecule has 1 aromatic heterocycles. The van der Waals surface area contributed by atoms with Crippen LogP contribution in [0.15, 0.2) is 48.7 Å². The molecule has 2 N–H and O–H groups in total. The first-order valence-corrected chi connectivity index (χ1v) is 8.40. The third kappa shape index (κ3) is 4.26. The van der Waals surface area contributed by atoms with Crippen molar-refractivity contribution >= 4 is 29.1 Å². The predicted octanol–water partition coefficient (Wildman–Crippen LogP) is 4.89. The number of hydrogen-bond donors (Lipinski definition) is 1. The van der Waals surface area contributed by atoms with E-state index in [0.717, 1.165) is 12.1 Å². The van der Waals surface area contributed by atoms with Gasteiger partial charge < -0.3 is 5.73 Å². The van der Waals surface area contributed by atoms with Gasteiger partial charge in [-0.1, -0.05) is 35.3 Å². The fourth-order valence-electron chi connectivity index (χ4n) is 2.57. The van der Waals surface area contributed by atoms with Crippen molar-refractivity contribution in [2.45, 2.75) is 12.6 Å². The average Bonchev–Trinajstić information content (AvgIpc) is 3.00. The summed E-state index contributed by atoms with van der Waals surface area (Å²) in [5.74, 6) is -0.597. The molecular formula is C18H12Cl2F3N3O. The number of carbonyl (C=O) groups excluding carboxylic acids is 1. The second kappa shape index (κ2) is 7.25. The van der Waals surface area contributed by atoms with Crippen LogP contribution >= 0.6 is 23.2 Å². The lowest BCUT2D eigenvalue weighted by atomic mass is 10.1. The van der Waals surface area contributed by atoms with Gasteiger partial charge in [-0.05, 0) is 30.3 Å². The van der Waals surface area contributed by atoms with Gasteiger partial charge in [0.1, 0.15) is 0 Å². The number of benzene rings is 2. The summed E-state index contributed by atoms with van der Waals surface area (Å²) in [6, 6.07) is 9.49. The summed E-state index contributed by atoms with van der Waals surface area (Å²) in [5.41, 5.74) is 6.07. The molecule has 0 fully saturated rings. The summed E-state index contributed by atoms with van der Waals surface area (Å²) >= 11 is 11.9. The van der Waals surface area contributed by atoms with Crippen molar-refractivity contribution in [1.82, 2.24) is 9.78 Å². The number of nitrogens with zero attached hydrogens (tertiary/aromatic N) is 2. The summed E-state index contributed by atoms with van der Waals surface area (Å²) < 4.78 is 40.2. The standard InChI is InChI=1S/C18H12Cl2F3N3O/c19-14-5-4-10(6-15(14)20)17-11(7-16(24)27)9-26(25-17)13-3-1-2-12(8-13)18(21,22)23/h1-6,8-9H,7H2,(H2,24,27). The van der Waals surface area contributed by atoms with E-state index >= 15 is 0 Å². The molecule has 0 saturated carbocycles. The van der Waals surface area contributed by atoms with Gasteiger partial charge in [0.2, 0.25) is 5.91 Å². The molecule has 140 valence electrons. The van der Waals surface area contributed by atoms with Crippen molar-refractivity contribution in [3.8, 4) is 16.9 Å². The van der Waals surface area contributed by atoms with Gasteiger partial charge in [0.25, 0.3) is 0 Å². The third-order valence-electron chi connectivity index (χ3n) is 3.79. The summed E-state index contributed by atoms with van der Waals surface area (Å²) in [4.78, 5) is 11.4. The summed E-state index contributed by atoms with van der Waals surface area (Å²) in [5, 5.41) is 4.96. The first kappa shape index (κ1) is 19.3. The van der Waals surface area contributed by atoms with E-state index in [9.17, 15) is 18.0 Å². The topological polar surface area (TPSA) is 60.9 Å². The Hall–Kier alpha value is -2.51. The fourth-order valence-corrected chi connectivity index (χ4v) is 2.87. The Morgan fingerprint density at radius 3 is 2.48 bits per heavy atom. The lowest BCUT2D eigenvalue weighted by molar-refractivity contribution is -0.137. The third-order valence-corrected chi connectivity index (χ3v) is 4.52. The minimum atomic E-state index is -4.48. The van der Waals surface area contributed by atoms with E-state index in [4.69, 9.17) is 28.9 Å². The molecule has 0 radical (unpaired) electrons. The van der Waals surface area contributed by atoms with Crippen molar-refractivity contribution in [3.05, 3.63) is 69.8 Å². The smallest absolute Gasteiger partial charge is 0.369 e. The number of aromatic nitrogens is 2. The van der Waals surface area contributed by atoms with Gasteiger partial charge in [-0.15, -0.1) is 0 Å². The number of hydrogen-bond acceptors (Lipinski definition) is 2. The van der Waals surface area contributed by atoms with E-state index in [1.807, 2.05) is 0 Å². The molecule has 0 atom stereocenters. The summed E-state index contributed by atoms with van der Waals surface area (Å²) in [7, 11) is 0. The van der Waals surface area contributed by atoms with E-state index in [0.29, 0.717) is 21.8 Å². The van der Waals surface area contributed by atoms with E-state index in [2.05, 4.69) is 5.10 Å². The normalized spacial score (nSPS) is 11.6. The lowest BCUT2D eigenvalue weighted by Gasteiger charge is -2.08. The molecule has 0 aliphatic rings. The quantitative estimate of drug-likeness (QED) is 0.661. The van der Waals surface area contributed by atoms with Gasteiger partial charge in [-0.2, -0.15) is 18.3 Å². The second-order valence-corrected chi connectivity index (χ2v) is 6.58. The first-order valence-electron chi connectivity index (χ1n) is 7.65. The maximum Gasteiger partial charge on any atom is 0.416 e. The number of primary amides is 1. The van der Waals surface area contributed by atoms with Gasteiger partial charge in [0.05, 0.1) is 33.4 Å². The number of halogens is 5. The van der Waals surface area contributed by atoms with Gasteiger partial charge in [0.15, 0.2) is 0 Å². The molecule has 0 spiro atoms. The highest BCUT2D eigenvalue weighted by Crippen LogP contribution is 2.32. The molecule has 9 heteroatoms. The van der Waals surface area contributed by atoms with Crippen molar-refractivity contribution in [2.75, 3.05) is 0 Å². The Kier molecular flexibility index (Phi) is 5.17. The number of alkyl halides is 3. The summed E-state index contributed by atoms with van der Waals surface area (Å²) in [6.07, 6.45) is -3.14. The van der Waals surface area contributed by atoms with Crippen LogP contribution in [0.1, 0.15) is 11.1 Å². The number of rotatable bonds is 4. The van der Waals surface area contributed by atoms with Gasteiger partial charge in [0, 0.05) is 17.3 Å². The van der Waals surface area contributed by atoms with Crippen LogP contribution in [0.4, 0.5) is 13.2 Å². The molecule has 3 aromatic rings. The molecule has 0 aliphatic heterocycles. The van der Waals surface area contributed by atoms with Gasteiger partial charge >= 0.3 is 6.18 Å². The van der Waals surface area contributed by atoms with Crippen LogP contribution in [0.25, 0.3) is 16.9 Å². The number of carbonyl (C=O) groups is 1. The van der Waals surface area contributed by atoms with Crippen molar-refractivity contribution in [2.24, 2.45) is 5.73 Å². The molecule has 0 aliphatic carbocycles. The first-order chi connectivity index (χ1) is 12.6. The molecule has 4 nitrogen and oxygen atoms in total. The number of nitrogens with two attached hydrogens (primary N) is 1. The van der Waals surface area contributed by atoms with Crippen molar-refractivity contribution in [3.63, 3.8) is 0 Å². The van der Waals surface area contributed by atoms with Crippen LogP contribution in [-0.2, 0) is 17.4 Å². The monoisotopic (exact) mass is 413 g/mol. The van der Waals surface area contributed by atoms with Crippen LogP contribution in [0.5, 0.6) is 0 Å². The maximum atomic E-state index is 13.0. The van der Waals surface area contributed by atoms with Gasteiger partial charge in [-0.3, -0.25) is 4.79 Å². The molecular weight excluding hydrogens is 402 g/mol. The van der Waals surface area contributed by atoms with E-state index < -0.39 is 17.6 Å². The van der Waals surface area contributed by atoms with Crippen LogP contribution in [0.3, 0.4) is 0 Å². The molecule has 1 amide bonds. The van der Waals surface area contributed by atoms with Gasteiger partial charge in [-0.25, -0.2) is 4.68 Å². The zero-order valence-electron chi connectivity index (χ0n) is 13.6. The molecule has 1 heterocycles. The summed E-state index contributed by atoms with van der Waals surface area (Å²) in [6.45, 7) is 0. The molecule has 2 aromatic carbocycles. The van der Waals surface area contributed by atoms with Crippen LogP contribution < -0.4 is 5.73 Å². The highest BCUT2D eigenvalue weighted by Gasteiger charge is 2.30. The maximum absolute atomic E-state index is 13.0. The minimum Gasteiger partial charge on any atom is -0.369 e. The molecule has 3 rings (SSSR count). The zero-order chi connectivity index (χ0) is 19.8. The van der Waals surface area contributed by atoms with E-state index in [1.165, 1.54) is 23.0 Å². The Bertz CT molecular complexity index is 1020. The van der Waals surface area contributed by atoms with Crippen LogP contribution in [0, 0.1) is 0 Å². The molecule has 0 unspecified atom stereocenters. The Morgan fingerprint density at radius 2 is 1.85 bits per heavy atom. The molecule has 0 saturated heterocycles. The highest BCUT2D eigenvalue weighted by molar-refractivity contribution is 6.42. The van der Waals surface area contributed by atoms with Crippen LogP contribution in [0.2, 0.25) is 10.0 Å². The molecule has 27 heavy (non-hydrogen) atoms. The Morgan fingerprint density at radius 1 is 1.11 bits per heavy atom. The largest absolute Gasteiger partial charge is 0.416 e. The van der Waals surface area contributed by atoms with E-state index in [-0.39, 0.29) is 17.1 Å². The zero-order valence-corrected chi connectivity index (χ0v) is 15.1. The van der Waals surface area contributed by atoms with Crippen LogP contribution in [-0.4, -0.2) is 15.7 Å². The minimum absolute atomic E-state index is 0.130. The molecule has 0 bridgehead atoms. The highest BCUT2D eigenvalue weighted by atomic mass is 35.5. The fraction of sp³-hybridized carbons (Fsp3) is 0.111. The van der Waals surface area contributed by atoms with E-state index in [1.54, 1.807) is 18.2 Å². The lowest BCUT2D eigenvalue weighted by Crippen LogP contribution is -2.13. The van der Waals surface area contributed by atoms with Crippen molar-refractivity contribution < 1.29 is 18.0 Å². The Balaban J connectivity index is 2.12. The Labute approximate surface area is 162 Å². The average molecular weight is 414 g/mol. The predicted molar refractivity (Wildman–Crippen MR) is 96.9 cm³/mol. The second-order valence-electron chi connectivity index (χ2n) is 5.77. The SMILES string of the molecule is NC(=O)Cc1cn(-c2cccc(C(F)(F)F)c2)nc1-c1ccc(Cl)c(Cl)c1.